The summed E-state index contributed by atoms with van der Waals surface area (Å²) >= 11 is 7.32. The first-order valence-corrected chi connectivity index (χ1v) is 11.3. The molecule has 1 heterocycles. The molecule has 1 atom stereocenters. The molecule has 1 fully saturated rings. The molecule has 2 aromatic carbocycles. The summed E-state index contributed by atoms with van der Waals surface area (Å²) in [6.45, 7) is 1.96. The second-order valence-corrected chi connectivity index (χ2v) is 9.81. The van der Waals surface area contributed by atoms with Gasteiger partial charge in [0, 0.05) is 23.3 Å². The maximum absolute atomic E-state index is 11.7. The van der Waals surface area contributed by atoms with Crippen molar-refractivity contribution in [2.45, 2.75) is 17.5 Å². The fourth-order valence-electron chi connectivity index (χ4n) is 2.63. The monoisotopic (exact) mass is 510 g/mol. The van der Waals surface area contributed by atoms with Crippen LogP contribution in [0.1, 0.15) is 11.1 Å². The third-order valence-corrected chi connectivity index (χ3v) is 7.21. The van der Waals surface area contributed by atoms with Crippen molar-refractivity contribution in [1.82, 2.24) is 4.90 Å². The Bertz CT molecular complexity index is 1000. The topological polar surface area (TPSA) is 70.0 Å². The number of amidine groups is 1. The van der Waals surface area contributed by atoms with E-state index >= 15 is 0 Å². The molecule has 0 aromatic heterocycles. The molecule has 2 aromatic rings. The molecule has 27 heavy (non-hydrogen) atoms. The van der Waals surface area contributed by atoms with Crippen LogP contribution in [0.3, 0.4) is 0 Å². The Morgan fingerprint density at radius 3 is 2.56 bits per heavy atom. The number of halogens is 3. The fraction of sp³-hybridized carbons (Fsp3) is 0.235. The lowest BCUT2D eigenvalue weighted by Crippen LogP contribution is -2.42. The molecular weight excluding hydrogens is 495 g/mol. The van der Waals surface area contributed by atoms with Crippen molar-refractivity contribution >= 4 is 70.9 Å². The molecule has 3 rings (SSSR count). The van der Waals surface area contributed by atoms with Gasteiger partial charge in [-0.1, -0.05) is 47.6 Å². The number of hydrogen-bond acceptors (Lipinski definition) is 5. The molecule has 1 unspecified atom stereocenters. The average molecular weight is 512 g/mol. The lowest BCUT2D eigenvalue weighted by molar-refractivity contribution is -0.0349. The van der Waals surface area contributed by atoms with Crippen molar-refractivity contribution in [3.63, 3.8) is 0 Å². The number of aliphatic hydroxyl groups is 1. The van der Waals surface area contributed by atoms with Gasteiger partial charge in [0.2, 0.25) is 0 Å². The van der Waals surface area contributed by atoms with Gasteiger partial charge in [-0.3, -0.25) is 0 Å². The van der Waals surface area contributed by atoms with Crippen LogP contribution in [0, 0.1) is 6.92 Å². The number of aryl methyl sites for hydroxylation is 1. The van der Waals surface area contributed by atoms with Gasteiger partial charge in [0.1, 0.15) is 4.90 Å². The third-order valence-electron chi connectivity index (χ3n) is 4.23. The van der Waals surface area contributed by atoms with Crippen molar-refractivity contribution < 1.29 is 13.5 Å². The average Bonchev–Trinajstić information content (AvgIpc) is 2.86. The van der Waals surface area contributed by atoms with Crippen molar-refractivity contribution in [3.05, 3.63) is 58.6 Å². The van der Waals surface area contributed by atoms with Crippen LogP contribution < -0.4 is 0 Å². The highest BCUT2D eigenvalue weighted by Crippen LogP contribution is 2.40. The Hall–Kier alpha value is -0.770. The minimum atomic E-state index is -4.02. The van der Waals surface area contributed by atoms with Crippen LogP contribution in [0.2, 0.25) is 5.02 Å². The largest absolute Gasteiger partial charge is 0.366 e. The van der Waals surface area contributed by atoms with Gasteiger partial charge in [-0.15, -0.1) is 17.0 Å². The predicted molar refractivity (Wildman–Crippen MR) is 117 cm³/mol. The summed E-state index contributed by atoms with van der Waals surface area (Å²) in [5.41, 5.74) is 0.788. The van der Waals surface area contributed by atoms with E-state index in [1.807, 2.05) is 31.2 Å². The molecule has 0 saturated carbocycles. The van der Waals surface area contributed by atoms with Gasteiger partial charge < -0.3 is 10.0 Å². The number of benzene rings is 2. The molecule has 0 aliphatic carbocycles. The summed E-state index contributed by atoms with van der Waals surface area (Å²) in [5.74, 6) is 0.289. The molecule has 1 aliphatic rings. The van der Waals surface area contributed by atoms with Gasteiger partial charge in [-0.2, -0.15) is 0 Å². The molecule has 5 nitrogen and oxygen atoms in total. The summed E-state index contributed by atoms with van der Waals surface area (Å²) in [6.07, 6.45) is 0. The van der Waals surface area contributed by atoms with E-state index < -0.39 is 14.8 Å². The first-order valence-electron chi connectivity index (χ1n) is 7.61. The molecule has 146 valence electrons. The Morgan fingerprint density at radius 1 is 1.26 bits per heavy atom. The predicted octanol–water partition coefficient (Wildman–Crippen LogP) is 4.67. The molecule has 0 spiro atoms. The minimum Gasteiger partial charge on any atom is -0.366 e. The molecule has 1 saturated heterocycles. The lowest BCUT2D eigenvalue weighted by atomic mass is 10.0. The second-order valence-electron chi connectivity index (χ2n) is 5.93. The Labute approximate surface area is 182 Å². The van der Waals surface area contributed by atoms with E-state index in [-0.39, 0.29) is 32.7 Å². The Balaban J connectivity index is 0.00000261. The Kier molecular flexibility index (Phi) is 6.93. The third kappa shape index (κ3) is 4.46. The van der Waals surface area contributed by atoms with E-state index in [1.165, 1.54) is 23.9 Å². The van der Waals surface area contributed by atoms with Gasteiger partial charge in [0.15, 0.2) is 10.9 Å². The molecule has 0 bridgehead atoms. The van der Waals surface area contributed by atoms with Crippen molar-refractivity contribution in [1.29, 1.82) is 0 Å². The summed E-state index contributed by atoms with van der Waals surface area (Å²) in [5, 5.41) is 11.8. The lowest BCUT2D eigenvalue weighted by Gasteiger charge is -2.31. The molecule has 1 aliphatic heterocycles. The minimum absolute atomic E-state index is 0. The van der Waals surface area contributed by atoms with Crippen LogP contribution in [-0.4, -0.2) is 36.4 Å². The smallest absolute Gasteiger partial charge is 0.262 e. The fourth-order valence-corrected chi connectivity index (χ4v) is 5.32. The van der Waals surface area contributed by atoms with E-state index in [1.54, 1.807) is 18.0 Å². The molecule has 0 amide bonds. The van der Waals surface area contributed by atoms with Crippen LogP contribution >= 0.6 is 51.0 Å². The summed E-state index contributed by atoms with van der Waals surface area (Å²) in [4.78, 5) is 6.02. The number of hydrogen-bond donors (Lipinski definition) is 1. The SMILES string of the molecule is Br.Cc1ccccc1N=C1SCC(O)(c2ccc(Cl)c(S(=O)(=O)Cl)c2)N1C. The van der Waals surface area contributed by atoms with Gasteiger partial charge in [0.25, 0.3) is 9.05 Å². The van der Waals surface area contributed by atoms with Gasteiger partial charge in [-0.25, -0.2) is 13.4 Å². The maximum Gasteiger partial charge on any atom is 0.262 e. The first kappa shape index (κ1) is 22.5. The van der Waals surface area contributed by atoms with E-state index in [0.29, 0.717) is 10.7 Å². The van der Waals surface area contributed by atoms with Crippen LogP contribution in [0.4, 0.5) is 5.69 Å². The number of nitrogens with zero attached hydrogens (tertiary/aromatic N) is 2. The number of thioether (sulfide) groups is 1. The summed E-state index contributed by atoms with van der Waals surface area (Å²) in [6, 6.07) is 12.0. The van der Waals surface area contributed by atoms with E-state index in [4.69, 9.17) is 22.3 Å². The highest BCUT2D eigenvalue weighted by Gasteiger charge is 2.43. The van der Waals surface area contributed by atoms with Gasteiger partial charge in [0.05, 0.1) is 16.5 Å². The Morgan fingerprint density at radius 2 is 1.93 bits per heavy atom. The molecule has 0 radical (unpaired) electrons. The van der Waals surface area contributed by atoms with Gasteiger partial charge in [-0.05, 0) is 30.7 Å². The van der Waals surface area contributed by atoms with E-state index in [2.05, 4.69) is 4.99 Å². The zero-order valence-corrected chi connectivity index (χ0v) is 19.2. The molecule has 10 heteroatoms. The zero-order valence-electron chi connectivity index (χ0n) is 14.4. The van der Waals surface area contributed by atoms with Crippen molar-refractivity contribution in [2.24, 2.45) is 4.99 Å². The maximum atomic E-state index is 11.7. The van der Waals surface area contributed by atoms with Gasteiger partial charge >= 0.3 is 0 Å². The van der Waals surface area contributed by atoms with Crippen LogP contribution in [-0.2, 0) is 14.8 Å². The molecule has 1 N–H and O–H groups in total. The zero-order chi connectivity index (χ0) is 19.1. The quantitative estimate of drug-likeness (QED) is 0.606. The number of rotatable bonds is 3. The highest BCUT2D eigenvalue weighted by atomic mass is 79.9. The normalized spacial score (nSPS) is 21.4. The van der Waals surface area contributed by atoms with E-state index in [9.17, 15) is 13.5 Å². The number of aliphatic imine (C=N–C) groups is 1. The number of para-hydroxylation sites is 1. The molecular formula is C17H17BrCl2N2O3S2. The van der Waals surface area contributed by atoms with Crippen molar-refractivity contribution in [2.75, 3.05) is 12.8 Å². The standard InChI is InChI=1S/C17H16Cl2N2O3S2.BrH/c1-11-5-3-4-6-14(11)20-16-21(2)17(22,10-25-16)12-7-8-13(18)15(9-12)26(19,23)24;/h3-9,22H,10H2,1-2H3;1H. The summed E-state index contributed by atoms with van der Waals surface area (Å²) < 4.78 is 23.4. The van der Waals surface area contributed by atoms with Crippen LogP contribution in [0.25, 0.3) is 0 Å². The summed E-state index contributed by atoms with van der Waals surface area (Å²) in [7, 11) is 3.13. The highest BCUT2D eigenvalue weighted by molar-refractivity contribution is 8.93. The first-order chi connectivity index (χ1) is 12.1. The van der Waals surface area contributed by atoms with Crippen LogP contribution in [0.15, 0.2) is 52.4 Å². The van der Waals surface area contributed by atoms with E-state index in [0.717, 1.165) is 11.3 Å². The second kappa shape index (κ2) is 8.31. The van der Waals surface area contributed by atoms with Crippen molar-refractivity contribution in [3.8, 4) is 0 Å². The van der Waals surface area contributed by atoms with Crippen LogP contribution in [0.5, 0.6) is 0 Å².